The molecular weight excluding hydrogens is 239 g/mol. The van der Waals surface area contributed by atoms with Gasteiger partial charge in [-0.3, -0.25) is 9.59 Å². The number of carbonyl (C=O) groups excluding carboxylic acids is 2. The molecule has 0 aromatic heterocycles. The summed E-state index contributed by atoms with van der Waals surface area (Å²) in [6, 6.07) is 4.04. The highest BCUT2D eigenvalue weighted by Crippen LogP contribution is 2.18. The second kappa shape index (κ2) is 6.74. The molecule has 0 saturated carbocycles. The number of rotatable bonds is 6. The van der Waals surface area contributed by atoms with Crippen molar-refractivity contribution in [1.82, 2.24) is 0 Å². The van der Waals surface area contributed by atoms with E-state index < -0.39 is 5.82 Å². The van der Waals surface area contributed by atoms with Crippen LogP contribution in [0.1, 0.15) is 30.1 Å². The van der Waals surface area contributed by atoms with Crippen molar-refractivity contribution < 1.29 is 23.5 Å². The number of halogens is 1. The Hall–Kier alpha value is -1.91. The molecule has 5 heteroatoms. The molecule has 98 valence electrons. The van der Waals surface area contributed by atoms with E-state index in [0.29, 0.717) is 12.0 Å². The predicted octanol–water partition coefficient (Wildman–Crippen LogP) is 2.36. The summed E-state index contributed by atoms with van der Waals surface area (Å²) in [5.74, 6) is -1.04. The number of carbonyl (C=O) groups is 2. The summed E-state index contributed by atoms with van der Waals surface area (Å²) in [4.78, 5) is 21.8. The van der Waals surface area contributed by atoms with E-state index in [0.717, 1.165) is 6.07 Å². The first-order valence-electron chi connectivity index (χ1n) is 5.54. The molecule has 0 aliphatic heterocycles. The lowest BCUT2D eigenvalue weighted by Crippen LogP contribution is -2.05. The van der Waals surface area contributed by atoms with Gasteiger partial charge in [-0.25, -0.2) is 4.39 Å². The first-order valence-corrected chi connectivity index (χ1v) is 5.54. The Morgan fingerprint density at radius 3 is 2.61 bits per heavy atom. The number of esters is 1. The molecule has 0 heterocycles. The van der Waals surface area contributed by atoms with Gasteiger partial charge < -0.3 is 9.47 Å². The van der Waals surface area contributed by atoms with Crippen LogP contribution >= 0.6 is 0 Å². The molecule has 0 spiro atoms. The molecule has 1 aromatic rings. The van der Waals surface area contributed by atoms with E-state index in [1.54, 1.807) is 0 Å². The van der Waals surface area contributed by atoms with Gasteiger partial charge in [0.05, 0.1) is 13.7 Å². The summed E-state index contributed by atoms with van der Waals surface area (Å²) < 4.78 is 23.1. The standard InChI is InChI=1S/C13H15FO4/c1-9(15)10-5-6-12(11(14)8-10)18-7-3-4-13(16)17-2/h5-6,8H,3-4,7H2,1-2H3. The van der Waals surface area contributed by atoms with Crippen LogP contribution in [0.2, 0.25) is 0 Å². The van der Waals surface area contributed by atoms with Gasteiger partial charge in [0.25, 0.3) is 0 Å². The molecular formula is C13H15FO4. The minimum absolute atomic E-state index is 0.0739. The average molecular weight is 254 g/mol. The van der Waals surface area contributed by atoms with Crippen molar-refractivity contribution in [2.24, 2.45) is 0 Å². The third-order valence-electron chi connectivity index (χ3n) is 2.35. The lowest BCUT2D eigenvalue weighted by atomic mass is 10.1. The maximum atomic E-state index is 13.5. The molecule has 4 nitrogen and oxygen atoms in total. The van der Waals surface area contributed by atoms with Crippen molar-refractivity contribution in [2.75, 3.05) is 13.7 Å². The molecule has 0 aliphatic carbocycles. The Bertz CT molecular complexity index is 443. The van der Waals surface area contributed by atoms with E-state index >= 15 is 0 Å². The molecule has 0 N–H and O–H groups in total. The van der Waals surface area contributed by atoms with Gasteiger partial charge >= 0.3 is 5.97 Å². The third kappa shape index (κ3) is 4.16. The van der Waals surface area contributed by atoms with Gasteiger partial charge in [-0.05, 0) is 31.5 Å². The average Bonchev–Trinajstić information content (AvgIpc) is 2.35. The summed E-state index contributed by atoms with van der Waals surface area (Å²) in [6.07, 6.45) is 0.671. The van der Waals surface area contributed by atoms with E-state index in [9.17, 15) is 14.0 Å². The second-order valence-electron chi connectivity index (χ2n) is 3.73. The summed E-state index contributed by atoms with van der Waals surface area (Å²) in [5.41, 5.74) is 0.300. The van der Waals surface area contributed by atoms with Crippen LogP contribution in [-0.2, 0) is 9.53 Å². The summed E-state index contributed by atoms with van der Waals surface area (Å²) in [5, 5.41) is 0. The number of hydrogen-bond donors (Lipinski definition) is 0. The van der Waals surface area contributed by atoms with Crippen LogP contribution in [0.5, 0.6) is 5.75 Å². The topological polar surface area (TPSA) is 52.6 Å². The Morgan fingerprint density at radius 2 is 2.06 bits per heavy atom. The molecule has 0 aliphatic rings. The van der Waals surface area contributed by atoms with Crippen molar-refractivity contribution in [1.29, 1.82) is 0 Å². The number of methoxy groups -OCH3 is 1. The van der Waals surface area contributed by atoms with E-state index in [-0.39, 0.29) is 30.5 Å². The maximum absolute atomic E-state index is 13.5. The van der Waals surface area contributed by atoms with Gasteiger partial charge in [0.1, 0.15) is 0 Å². The van der Waals surface area contributed by atoms with Gasteiger partial charge in [-0.15, -0.1) is 0 Å². The fourth-order valence-electron chi connectivity index (χ4n) is 1.34. The normalized spacial score (nSPS) is 9.94. The van der Waals surface area contributed by atoms with Crippen molar-refractivity contribution in [3.63, 3.8) is 0 Å². The van der Waals surface area contributed by atoms with Crippen LogP contribution in [0.15, 0.2) is 18.2 Å². The van der Waals surface area contributed by atoms with Crippen molar-refractivity contribution in [3.05, 3.63) is 29.6 Å². The highest BCUT2D eigenvalue weighted by atomic mass is 19.1. The minimum atomic E-state index is -0.583. The van der Waals surface area contributed by atoms with E-state index in [4.69, 9.17) is 4.74 Å². The highest BCUT2D eigenvalue weighted by molar-refractivity contribution is 5.94. The fraction of sp³-hybridized carbons (Fsp3) is 0.385. The largest absolute Gasteiger partial charge is 0.491 e. The second-order valence-corrected chi connectivity index (χ2v) is 3.73. The summed E-state index contributed by atoms with van der Waals surface area (Å²) in [6.45, 7) is 1.58. The molecule has 0 bridgehead atoms. The van der Waals surface area contributed by atoms with Gasteiger partial charge in [-0.2, -0.15) is 0 Å². The molecule has 1 rings (SSSR count). The van der Waals surface area contributed by atoms with E-state index in [2.05, 4.69) is 4.74 Å². The Morgan fingerprint density at radius 1 is 1.33 bits per heavy atom. The smallest absolute Gasteiger partial charge is 0.305 e. The SMILES string of the molecule is COC(=O)CCCOc1ccc(C(C)=O)cc1F. The van der Waals surface area contributed by atoms with Crippen molar-refractivity contribution in [3.8, 4) is 5.75 Å². The fourth-order valence-corrected chi connectivity index (χ4v) is 1.34. The Balaban J connectivity index is 2.48. The van der Waals surface area contributed by atoms with E-state index in [1.165, 1.54) is 26.2 Å². The van der Waals surface area contributed by atoms with Gasteiger partial charge in [0.2, 0.25) is 0 Å². The van der Waals surface area contributed by atoms with Crippen LogP contribution in [0.3, 0.4) is 0 Å². The van der Waals surface area contributed by atoms with E-state index in [1.807, 2.05) is 0 Å². The number of ether oxygens (including phenoxy) is 2. The van der Waals surface area contributed by atoms with Crippen LogP contribution < -0.4 is 4.74 Å². The molecule has 18 heavy (non-hydrogen) atoms. The molecule has 0 saturated heterocycles. The molecule has 0 fully saturated rings. The van der Waals surface area contributed by atoms with Gasteiger partial charge in [0.15, 0.2) is 17.3 Å². The number of Topliss-reactive ketones (excluding diaryl/α,β-unsaturated/α-hetero) is 1. The van der Waals surface area contributed by atoms with Gasteiger partial charge in [0, 0.05) is 12.0 Å². The first kappa shape index (κ1) is 14.2. The Kier molecular flexibility index (Phi) is 5.30. The molecule has 0 radical (unpaired) electrons. The third-order valence-corrected chi connectivity index (χ3v) is 2.35. The van der Waals surface area contributed by atoms with Crippen LogP contribution in [0.4, 0.5) is 4.39 Å². The zero-order valence-electron chi connectivity index (χ0n) is 10.4. The number of hydrogen-bond acceptors (Lipinski definition) is 4. The molecule has 1 aromatic carbocycles. The molecule has 0 unspecified atom stereocenters. The lowest BCUT2D eigenvalue weighted by molar-refractivity contribution is -0.140. The van der Waals surface area contributed by atoms with Crippen LogP contribution in [0, 0.1) is 5.82 Å². The monoisotopic (exact) mass is 254 g/mol. The lowest BCUT2D eigenvalue weighted by Gasteiger charge is -2.07. The number of ketones is 1. The summed E-state index contributed by atoms with van der Waals surface area (Å²) >= 11 is 0. The van der Waals surface area contributed by atoms with Crippen LogP contribution in [0.25, 0.3) is 0 Å². The van der Waals surface area contributed by atoms with Crippen molar-refractivity contribution in [2.45, 2.75) is 19.8 Å². The zero-order valence-corrected chi connectivity index (χ0v) is 10.4. The molecule has 0 amide bonds. The Labute approximate surface area is 105 Å². The van der Waals surface area contributed by atoms with Crippen molar-refractivity contribution >= 4 is 11.8 Å². The van der Waals surface area contributed by atoms with Gasteiger partial charge in [-0.1, -0.05) is 0 Å². The quantitative estimate of drug-likeness (QED) is 0.444. The minimum Gasteiger partial charge on any atom is -0.491 e. The zero-order chi connectivity index (χ0) is 13.5. The number of benzene rings is 1. The maximum Gasteiger partial charge on any atom is 0.305 e. The summed E-state index contributed by atoms with van der Waals surface area (Å²) in [7, 11) is 1.31. The highest BCUT2D eigenvalue weighted by Gasteiger charge is 2.07. The molecule has 0 atom stereocenters. The first-order chi connectivity index (χ1) is 8.54. The van der Waals surface area contributed by atoms with Crippen LogP contribution in [-0.4, -0.2) is 25.5 Å². The predicted molar refractivity (Wildman–Crippen MR) is 63.1 cm³/mol.